The van der Waals surface area contributed by atoms with Crippen LogP contribution in [0.5, 0.6) is 5.75 Å². The minimum Gasteiger partial charge on any atom is -0.496 e. The number of rotatable bonds is 5. The number of nitrogens with zero attached hydrogens (tertiary/aromatic N) is 2. The SMILES string of the molecule is COc1ccc(-c2nc(Nc3cc(C)cc(C)c3)ncc2C)cc1C(N)=O. The van der Waals surface area contributed by atoms with Crippen molar-refractivity contribution < 1.29 is 9.53 Å². The largest absolute Gasteiger partial charge is 0.496 e. The summed E-state index contributed by atoms with van der Waals surface area (Å²) in [5, 5.41) is 3.24. The molecule has 3 rings (SSSR count). The van der Waals surface area contributed by atoms with E-state index < -0.39 is 5.91 Å². The van der Waals surface area contributed by atoms with Crippen molar-refractivity contribution in [3.8, 4) is 17.0 Å². The minimum atomic E-state index is -0.547. The molecule has 0 aliphatic carbocycles. The van der Waals surface area contributed by atoms with Gasteiger partial charge in [-0.3, -0.25) is 4.79 Å². The molecule has 0 radical (unpaired) electrons. The van der Waals surface area contributed by atoms with Crippen LogP contribution in [0.1, 0.15) is 27.0 Å². The number of benzene rings is 2. The maximum absolute atomic E-state index is 11.7. The van der Waals surface area contributed by atoms with Crippen molar-refractivity contribution in [3.05, 3.63) is 64.8 Å². The zero-order valence-electron chi connectivity index (χ0n) is 15.8. The summed E-state index contributed by atoms with van der Waals surface area (Å²) in [6.07, 6.45) is 1.75. The summed E-state index contributed by atoms with van der Waals surface area (Å²) < 4.78 is 5.21. The lowest BCUT2D eigenvalue weighted by Crippen LogP contribution is -2.12. The molecule has 3 N–H and O–H groups in total. The Balaban J connectivity index is 2.01. The van der Waals surface area contributed by atoms with Gasteiger partial charge in [0.15, 0.2) is 0 Å². The van der Waals surface area contributed by atoms with Crippen LogP contribution in [0.2, 0.25) is 0 Å². The number of ether oxygens (including phenoxy) is 1. The topological polar surface area (TPSA) is 90.1 Å². The Labute approximate surface area is 158 Å². The number of nitrogens with one attached hydrogen (secondary N) is 1. The van der Waals surface area contributed by atoms with Gasteiger partial charge < -0.3 is 15.8 Å². The van der Waals surface area contributed by atoms with Gasteiger partial charge >= 0.3 is 0 Å². The maximum Gasteiger partial charge on any atom is 0.252 e. The van der Waals surface area contributed by atoms with E-state index in [9.17, 15) is 4.79 Å². The van der Waals surface area contributed by atoms with Crippen LogP contribution in [0.25, 0.3) is 11.3 Å². The Hall–Kier alpha value is -3.41. The second-order valence-electron chi connectivity index (χ2n) is 6.51. The van der Waals surface area contributed by atoms with Gasteiger partial charge in [0.05, 0.1) is 18.4 Å². The van der Waals surface area contributed by atoms with Crippen molar-refractivity contribution in [2.45, 2.75) is 20.8 Å². The van der Waals surface area contributed by atoms with E-state index in [2.05, 4.69) is 21.4 Å². The summed E-state index contributed by atoms with van der Waals surface area (Å²) >= 11 is 0. The van der Waals surface area contributed by atoms with Crippen LogP contribution in [-0.2, 0) is 0 Å². The maximum atomic E-state index is 11.7. The fourth-order valence-electron chi connectivity index (χ4n) is 3.02. The first-order valence-electron chi connectivity index (χ1n) is 8.54. The van der Waals surface area contributed by atoms with E-state index in [4.69, 9.17) is 10.5 Å². The molecule has 1 aromatic heterocycles. The highest BCUT2D eigenvalue weighted by molar-refractivity contribution is 5.97. The van der Waals surface area contributed by atoms with E-state index in [1.54, 1.807) is 18.3 Å². The van der Waals surface area contributed by atoms with Gasteiger partial charge in [-0.05, 0) is 67.8 Å². The Morgan fingerprint density at radius 2 is 1.78 bits per heavy atom. The molecule has 6 nitrogen and oxygen atoms in total. The first-order valence-corrected chi connectivity index (χ1v) is 8.54. The van der Waals surface area contributed by atoms with Crippen LogP contribution >= 0.6 is 0 Å². The van der Waals surface area contributed by atoms with Crippen molar-refractivity contribution in [1.82, 2.24) is 9.97 Å². The summed E-state index contributed by atoms with van der Waals surface area (Å²) in [7, 11) is 1.50. The van der Waals surface area contributed by atoms with E-state index >= 15 is 0 Å². The van der Waals surface area contributed by atoms with Crippen LogP contribution in [0.3, 0.4) is 0 Å². The third kappa shape index (κ3) is 4.06. The summed E-state index contributed by atoms with van der Waals surface area (Å²) in [6, 6.07) is 11.4. The lowest BCUT2D eigenvalue weighted by atomic mass is 10.0. The van der Waals surface area contributed by atoms with Gasteiger partial charge in [0.2, 0.25) is 5.95 Å². The monoisotopic (exact) mass is 362 g/mol. The number of aryl methyl sites for hydroxylation is 3. The molecule has 0 atom stereocenters. The van der Waals surface area contributed by atoms with Crippen molar-refractivity contribution in [2.24, 2.45) is 5.73 Å². The van der Waals surface area contributed by atoms with E-state index in [0.29, 0.717) is 17.3 Å². The van der Waals surface area contributed by atoms with Crippen molar-refractivity contribution >= 4 is 17.5 Å². The molecule has 6 heteroatoms. The number of aromatic nitrogens is 2. The molecule has 138 valence electrons. The van der Waals surface area contributed by atoms with Crippen molar-refractivity contribution in [3.63, 3.8) is 0 Å². The predicted octanol–water partition coefficient (Wildman–Crippen LogP) is 3.92. The molecule has 0 aliphatic rings. The number of amides is 1. The normalized spacial score (nSPS) is 10.5. The Morgan fingerprint density at radius 3 is 2.41 bits per heavy atom. The third-order valence-corrected chi connectivity index (χ3v) is 4.19. The molecule has 27 heavy (non-hydrogen) atoms. The molecular weight excluding hydrogens is 340 g/mol. The van der Waals surface area contributed by atoms with Crippen LogP contribution in [0.4, 0.5) is 11.6 Å². The smallest absolute Gasteiger partial charge is 0.252 e. The van der Waals surface area contributed by atoms with Crippen LogP contribution in [-0.4, -0.2) is 23.0 Å². The fraction of sp³-hybridized carbons (Fsp3) is 0.190. The molecular formula is C21H22N4O2. The van der Waals surface area contributed by atoms with Gasteiger partial charge in [0, 0.05) is 17.4 Å². The molecule has 0 bridgehead atoms. The first kappa shape index (κ1) is 18.4. The fourth-order valence-corrected chi connectivity index (χ4v) is 3.02. The van der Waals surface area contributed by atoms with Crippen LogP contribution in [0, 0.1) is 20.8 Å². The second-order valence-corrected chi connectivity index (χ2v) is 6.51. The molecule has 0 spiro atoms. The Morgan fingerprint density at radius 1 is 1.07 bits per heavy atom. The van der Waals surface area contributed by atoms with E-state index in [0.717, 1.165) is 33.6 Å². The number of methoxy groups -OCH3 is 1. The second kappa shape index (κ2) is 7.45. The highest BCUT2D eigenvalue weighted by Gasteiger charge is 2.14. The number of hydrogen-bond donors (Lipinski definition) is 2. The molecule has 1 heterocycles. The summed E-state index contributed by atoms with van der Waals surface area (Å²) in [5.74, 6) is 0.373. The number of hydrogen-bond acceptors (Lipinski definition) is 5. The van der Waals surface area contributed by atoms with Gasteiger partial charge in [0.25, 0.3) is 5.91 Å². The minimum absolute atomic E-state index is 0.317. The summed E-state index contributed by atoms with van der Waals surface area (Å²) in [6.45, 7) is 6.01. The Bertz CT molecular complexity index is 995. The van der Waals surface area contributed by atoms with Crippen molar-refractivity contribution in [2.75, 3.05) is 12.4 Å². The van der Waals surface area contributed by atoms with Crippen molar-refractivity contribution in [1.29, 1.82) is 0 Å². The van der Waals surface area contributed by atoms with E-state index in [-0.39, 0.29) is 0 Å². The number of carbonyl (C=O) groups is 1. The quantitative estimate of drug-likeness (QED) is 0.718. The lowest BCUT2D eigenvalue weighted by molar-refractivity contribution is 0.0997. The van der Waals surface area contributed by atoms with Gasteiger partial charge in [-0.1, -0.05) is 6.07 Å². The molecule has 2 aromatic carbocycles. The summed E-state index contributed by atoms with van der Waals surface area (Å²) in [4.78, 5) is 20.7. The van der Waals surface area contributed by atoms with E-state index in [1.807, 2.05) is 39.0 Å². The molecule has 0 unspecified atom stereocenters. The molecule has 3 aromatic rings. The molecule has 0 saturated carbocycles. The molecule has 0 saturated heterocycles. The van der Waals surface area contributed by atoms with Crippen LogP contribution < -0.4 is 15.8 Å². The zero-order valence-corrected chi connectivity index (χ0v) is 15.8. The Kier molecular flexibility index (Phi) is 5.07. The van der Waals surface area contributed by atoms with Gasteiger partial charge in [-0.2, -0.15) is 0 Å². The summed E-state index contributed by atoms with van der Waals surface area (Å²) in [5.41, 5.74) is 11.4. The average molecular weight is 362 g/mol. The number of anilines is 2. The standard InChI is InChI=1S/C21H22N4O2/c1-12-7-13(2)9-16(8-12)24-21-23-11-14(3)19(25-21)15-5-6-18(27-4)17(10-15)20(22)26/h5-11H,1-4H3,(H2,22,26)(H,23,24,25). The number of nitrogens with two attached hydrogens (primary N) is 1. The number of carbonyl (C=O) groups excluding carboxylic acids is 1. The predicted molar refractivity (Wildman–Crippen MR) is 106 cm³/mol. The van der Waals surface area contributed by atoms with Crippen LogP contribution in [0.15, 0.2) is 42.6 Å². The average Bonchev–Trinajstić information content (AvgIpc) is 2.62. The molecule has 0 aliphatic heterocycles. The first-order chi connectivity index (χ1) is 12.9. The van der Waals surface area contributed by atoms with Gasteiger partial charge in [-0.15, -0.1) is 0 Å². The number of primary amides is 1. The molecule has 1 amide bonds. The molecule has 0 fully saturated rings. The van der Waals surface area contributed by atoms with Gasteiger partial charge in [0.1, 0.15) is 5.75 Å². The van der Waals surface area contributed by atoms with E-state index in [1.165, 1.54) is 7.11 Å². The zero-order chi connectivity index (χ0) is 19.6. The highest BCUT2D eigenvalue weighted by Crippen LogP contribution is 2.28. The third-order valence-electron chi connectivity index (χ3n) is 4.19. The van der Waals surface area contributed by atoms with Gasteiger partial charge in [-0.25, -0.2) is 9.97 Å². The highest BCUT2D eigenvalue weighted by atomic mass is 16.5. The lowest BCUT2D eigenvalue weighted by Gasteiger charge is -2.12.